The molecule has 0 spiro atoms. The Labute approximate surface area is 173 Å². The number of urea groups is 1. The maximum Gasteiger partial charge on any atom is 0.416 e. The van der Waals surface area contributed by atoms with Gasteiger partial charge in [0, 0.05) is 18.3 Å². The topological polar surface area (TPSA) is 23.6 Å². The number of rotatable bonds is 1. The Morgan fingerprint density at radius 1 is 1.00 bits per heavy atom. The molecule has 156 valence electrons. The van der Waals surface area contributed by atoms with Crippen molar-refractivity contribution < 1.29 is 18.0 Å². The van der Waals surface area contributed by atoms with Gasteiger partial charge < -0.3 is 4.90 Å². The Balaban J connectivity index is 1.39. The molecule has 0 radical (unpaired) electrons. The minimum absolute atomic E-state index is 0.00244. The third kappa shape index (κ3) is 3.28. The van der Waals surface area contributed by atoms with Crippen LogP contribution in [0.2, 0.25) is 0 Å². The zero-order valence-corrected chi connectivity index (χ0v) is 16.5. The van der Waals surface area contributed by atoms with Crippen molar-refractivity contribution >= 4 is 17.3 Å². The van der Waals surface area contributed by atoms with Crippen molar-refractivity contribution in [1.82, 2.24) is 4.90 Å². The van der Waals surface area contributed by atoms with Gasteiger partial charge in [0.05, 0.1) is 11.6 Å². The standard InChI is InChI=1S/C24H23F3N2O/c25-24(26,27)19-9-7-16(8-10-19)18-14-20-11-12-21(15-18)29(20)23(30)28-13-3-5-17-4-1-2-6-22(17)28/h1-2,4,6-10,14,20-21H,3,5,11-13,15H2. The average Bonchev–Trinajstić information content (AvgIpc) is 3.01. The van der Waals surface area contributed by atoms with E-state index in [1.165, 1.54) is 5.56 Å². The molecule has 2 amide bonds. The van der Waals surface area contributed by atoms with Gasteiger partial charge in [-0.3, -0.25) is 4.90 Å². The number of anilines is 1. The molecule has 0 aliphatic carbocycles. The largest absolute Gasteiger partial charge is 0.416 e. The van der Waals surface area contributed by atoms with Gasteiger partial charge in [0.25, 0.3) is 0 Å². The summed E-state index contributed by atoms with van der Waals surface area (Å²) in [5.41, 5.74) is 3.44. The van der Waals surface area contributed by atoms with Gasteiger partial charge in [-0.1, -0.05) is 36.4 Å². The molecule has 6 heteroatoms. The molecule has 0 N–H and O–H groups in total. The van der Waals surface area contributed by atoms with E-state index < -0.39 is 11.7 Å². The van der Waals surface area contributed by atoms with E-state index in [1.54, 1.807) is 12.1 Å². The second-order valence-corrected chi connectivity index (χ2v) is 8.34. The molecule has 3 aliphatic rings. The molecule has 30 heavy (non-hydrogen) atoms. The first kappa shape index (κ1) is 19.2. The van der Waals surface area contributed by atoms with Gasteiger partial charge in [0.15, 0.2) is 0 Å². The Morgan fingerprint density at radius 2 is 1.77 bits per heavy atom. The first-order chi connectivity index (χ1) is 14.4. The SMILES string of the molecule is O=C(N1CCCc2ccccc21)N1C2C=C(c3ccc(C(F)(F)F)cc3)CC1CC2. The highest BCUT2D eigenvalue weighted by molar-refractivity contribution is 5.94. The maximum absolute atomic E-state index is 13.5. The molecule has 2 atom stereocenters. The van der Waals surface area contributed by atoms with Crippen molar-refractivity contribution in [1.29, 1.82) is 0 Å². The summed E-state index contributed by atoms with van der Waals surface area (Å²) in [6, 6.07) is 13.6. The summed E-state index contributed by atoms with van der Waals surface area (Å²) in [4.78, 5) is 17.4. The third-order valence-electron chi connectivity index (χ3n) is 6.54. The second-order valence-electron chi connectivity index (χ2n) is 8.34. The summed E-state index contributed by atoms with van der Waals surface area (Å²) in [6.07, 6.45) is 2.21. The lowest BCUT2D eigenvalue weighted by molar-refractivity contribution is -0.137. The van der Waals surface area contributed by atoms with E-state index in [1.807, 2.05) is 28.0 Å². The highest BCUT2D eigenvalue weighted by Gasteiger charge is 2.42. The molecule has 0 aromatic heterocycles. The number of carbonyl (C=O) groups excluding carboxylic acids is 1. The summed E-state index contributed by atoms with van der Waals surface area (Å²) in [6.45, 7) is 0.723. The summed E-state index contributed by atoms with van der Waals surface area (Å²) in [7, 11) is 0. The van der Waals surface area contributed by atoms with Gasteiger partial charge in [-0.2, -0.15) is 13.2 Å². The Hall–Kier alpha value is -2.76. The normalized spacial score (nSPS) is 23.2. The zero-order valence-electron chi connectivity index (χ0n) is 16.5. The average molecular weight is 412 g/mol. The van der Waals surface area contributed by atoms with Crippen LogP contribution in [0.15, 0.2) is 54.6 Å². The predicted molar refractivity (Wildman–Crippen MR) is 110 cm³/mol. The molecule has 3 heterocycles. The van der Waals surface area contributed by atoms with E-state index in [0.717, 1.165) is 61.2 Å². The number of alkyl halides is 3. The van der Waals surface area contributed by atoms with Crippen molar-refractivity contribution in [3.63, 3.8) is 0 Å². The summed E-state index contributed by atoms with van der Waals surface area (Å²) < 4.78 is 38.6. The number of fused-ring (bicyclic) bond motifs is 3. The van der Waals surface area contributed by atoms with Crippen molar-refractivity contribution in [3.8, 4) is 0 Å². The van der Waals surface area contributed by atoms with Crippen LogP contribution in [0, 0.1) is 0 Å². The first-order valence-electron chi connectivity index (χ1n) is 10.5. The number of hydrogen-bond acceptors (Lipinski definition) is 1. The molecule has 3 nitrogen and oxygen atoms in total. The lowest BCUT2D eigenvalue weighted by Crippen LogP contribution is -2.51. The molecule has 2 unspecified atom stereocenters. The summed E-state index contributed by atoms with van der Waals surface area (Å²) in [5, 5.41) is 0. The zero-order chi connectivity index (χ0) is 20.9. The van der Waals surface area contributed by atoms with Crippen LogP contribution >= 0.6 is 0 Å². The minimum atomic E-state index is -4.33. The molecule has 0 saturated carbocycles. The van der Waals surface area contributed by atoms with Crippen molar-refractivity contribution in [2.24, 2.45) is 0 Å². The van der Waals surface area contributed by atoms with Crippen LogP contribution in [0.5, 0.6) is 0 Å². The molecule has 1 saturated heterocycles. The lowest BCUT2D eigenvalue weighted by atomic mass is 9.94. The Kier molecular flexibility index (Phi) is 4.60. The van der Waals surface area contributed by atoms with Crippen LogP contribution in [-0.4, -0.2) is 29.6 Å². The first-order valence-corrected chi connectivity index (χ1v) is 10.5. The van der Waals surface area contributed by atoms with Crippen LogP contribution in [0.1, 0.15) is 42.4 Å². The van der Waals surface area contributed by atoms with Crippen LogP contribution in [-0.2, 0) is 12.6 Å². The summed E-state index contributed by atoms with van der Waals surface area (Å²) in [5.74, 6) is 0. The predicted octanol–water partition coefficient (Wildman–Crippen LogP) is 5.90. The molecule has 5 rings (SSSR count). The summed E-state index contributed by atoms with van der Waals surface area (Å²) >= 11 is 0. The van der Waals surface area contributed by atoms with E-state index in [-0.39, 0.29) is 18.1 Å². The van der Waals surface area contributed by atoms with Gasteiger partial charge in [-0.15, -0.1) is 0 Å². The third-order valence-corrected chi connectivity index (χ3v) is 6.54. The number of halogens is 3. The van der Waals surface area contributed by atoms with E-state index in [2.05, 4.69) is 12.1 Å². The van der Waals surface area contributed by atoms with Gasteiger partial charge in [-0.05, 0) is 67.0 Å². The molecular weight excluding hydrogens is 389 g/mol. The quantitative estimate of drug-likeness (QED) is 0.572. The van der Waals surface area contributed by atoms with Gasteiger partial charge >= 0.3 is 12.2 Å². The minimum Gasteiger partial charge on any atom is -0.315 e. The van der Waals surface area contributed by atoms with Crippen molar-refractivity contribution in [3.05, 3.63) is 71.3 Å². The number of amides is 2. The van der Waals surface area contributed by atoms with Crippen LogP contribution in [0.3, 0.4) is 0 Å². The number of benzene rings is 2. The van der Waals surface area contributed by atoms with Gasteiger partial charge in [0.1, 0.15) is 0 Å². The maximum atomic E-state index is 13.5. The van der Waals surface area contributed by atoms with Crippen LogP contribution < -0.4 is 4.90 Å². The molecule has 2 aromatic carbocycles. The fraction of sp³-hybridized carbons (Fsp3) is 0.375. The van der Waals surface area contributed by atoms with Crippen molar-refractivity contribution in [2.75, 3.05) is 11.4 Å². The molecule has 3 aliphatic heterocycles. The number of para-hydroxylation sites is 1. The second kappa shape index (κ2) is 7.18. The molecule has 2 bridgehead atoms. The highest BCUT2D eigenvalue weighted by atomic mass is 19.4. The highest BCUT2D eigenvalue weighted by Crippen LogP contribution is 2.41. The number of carbonyl (C=O) groups is 1. The fourth-order valence-corrected chi connectivity index (χ4v) is 5.09. The molecule has 1 fully saturated rings. The molecule has 2 aromatic rings. The molecular formula is C24H23F3N2O. The fourth-order valence-electron chi connectivity index (χ4n) is 5.09. The monoisotopic (exact) mass is 412 g/mol. The number of nitrogens with zero attached hydrogens (tertiary/aromatic N) is 2. The Bertz CT molecular complexity index is 996. The Morgan fingerprint density at radius 3 is 2.50 bits per heavy atom. The number of aryl methyl sites for hydroxylation is 1. The van der Waals surface area contributed by atoms with Crippen molar-refractivity contribution in [2.45, 2.75) is 50.4 Å². The van der Waals surface area contributed by atoms with Gasteiger partial charge in [-0.25, -0.2) is 4.79 Å². The van der Waals surface area contributed by atoms with E-state index >= 15 is 0 Å². The smallest absolute Gasteiger partial charge is 0.315 e. The van der Waals surface area contributed by atoms with Crippen LogP contribution in [0.25, 0.3) is 5.57 Å². The lowest BCUT2D eigenvalue weighted by Gasteiger charge is -2.39. The van der Waals surface area contributed by atoms with E-state index in [4.69, 9.17) is 0 Å². The number of hydrogen-bond donors (Lipinski definition) is 0. The van der Waals surface area contributed by atoms with Gasteiger partial charge in [0.2, 0.25) is 0 Å². The van der Waals surface area contributed by atoms with E-state index in [9.17, 15) is 18.0 Å². The van der Waals surface area contributed by atoms with Crippen LogP contribution in [0.4, 0.5) is 23.7 Å². The van der Waals surface area contributed by atoms with E-state index in [0.29, 0.717) is 6.42 Å².